The summed E-state index contributed by atoms with van der Waals surface area (Å²) in [7, 11) is 0. The van der Waals surface area contributed by atoms with Crippen LogP contribution in [0, 0.1) is 26.7 Å². The van der Waals surface area contributed by atoms with E-state index in [0.717, 1.165) is 5.92 Å². The third-order valence-corrected chi connectivity index (χ3v) is 4.63. The minimum absolute atomic E-state index is 0.710. The van der Waals surface area contributed by atoms with Gasteiger partial charge in [-0.3, -0.25) is 0 Å². The van der Waals surface area contributed by atoms with Crippen molar-refractivity contribution in [1.29, 1.82) is 0 Å². The van der Waals surface area contributed by atoms with Gasteiger partial charge in [0, 0.05) is 0 Å². The third kappa shape index (κ3) is 2.10. The van der Waals surface area contributed by atoms with E-state index in [-0.39, 0.29) is 0 Å². The van der Waals surface area contributed by atoms with Crippen molar-refractivity contribution in [3.63, 3.8) is 0 Å². The summed E-state index contributed by atoms with van der Waals surface area (Å²) < 4.78 is 0. The monoisotopic (exact) mass is 250 g/mol. The highest BCUT2D eigenvalue weighted by Gasteiger charge is 2.49. The van der Waals surface area contributed by atoms with Gasteiger partial charge < -0.3 is 0 Å². The Morgan fingerprint density at radius 1 is 0.789 bits per heavy atom. The van der Waals surface area contributed by atoms with Gasteiger partial charge in [0.1, 0.15) is 0 Å². The number of benzene rings is 2. The lowest BCUT2D eigenvalue weighted by Crippen LogP contribution is -1.94. The van der Waals surface area contributed by atoms with Gasteiger partial charge >= 0.3 is 0 Å². The minimum Gasteiger partial charge on any atom is -0.0622 e. The summed E-state index contributed by atoms with van der Waals surface area (Å²) in [6.07, 6.45) is 0. The van der Waals surface area contributed by atoms with Gasteiger partial charge in [0.15, 0.2) is 0 Å². The van der Waals surface area contributed by atoms with Crippen LogP contribution < -0.4 is 0 Å². The molecule has 2 aromatic carbocycles. The van der Waals surface area contributed by atoms with Crippen LogP contribution in [-0.2, 0) is 0 Å². The molecule has 0 N–H and O–H groups in total. The molecule has 0 amide bonds. The Bertz CT molecular complexity index is 572. The van der Waals surface area contributed by atoms with Crippen molar-refractivity contribution >= 4 is 0 Å². The molecule has 3 unspecified atom stereocenters. The summed E-state index contributed by atoms with van der Waals surface area (Å²) >= 11 is 0. The molecule has 0 spiro atoms. The predicted octanol–water partition coefficient (Wildman–Crippen LogP) is 5.13. The molecular formula is C19H22. The summed E-state index contributed by atoms with van der Waals surface area (Å²) in [4.78, 5) is 0. The summed E-state index contributed by atoms with van der Waals surface area (Å²) in [5.74, 6) is 2.19. The highest BCUT2D eigenvalue weighted by atomic mass is 14.5. The van der Waals surface area contributed by atoms with Crippen molar-refractivity contribution in [2.75, 3.05) is 0 Å². The first-order chi connectivity index (χ1) is 9.09. The lowest BCUT2D eigenvalue weighted by atomic mass is 9.94. The largest absolute Gasteiger partial charge is 0.0622 e. The highest BCUT2D eigenvalue weighted by molar-refractivity contribution is 5.47. The predicted molar refractivity (Wildman–Crippen MR) is 81.7 cm³/mol. The Morgan fingerprint density at radius 3 is 1.95 bits per heavy atom. The van der Waals surface area contributed by atoms with Crippen LogP contribution in [-0.4, -0.2) is 0 Å². The molecular weight excluding hydrogens is 228 g/mol. The van der Waals surface area contributed by atoms with E-state index >= 15 is 0 Å². The Kier molecular flexibility index (Phi) is 2.97. The summed E-state index contributed by atoms with van der Waals surface area (Å²) in [5.41, 5.74) is 7.40. The molecule has 98 valence electrons. The van der Waals surface area contributed by atoms with E-state index in [1.807, 2.05) is 0 Å². The zero-order chi connectivity index (χ0) is 13.6. The molecule has 1 aliphatic rings. The molecule has 1 aliphatic carbocycles. The number of aryl methyl sites for hydroxylation is 3. The smallest absolute Gasteiger partial charge is 0.00533 e. The standard InChI is InChI=1S/C19H22/c1-12-10-13(2)17(14(3)11-12)19-15(4)18(19)16-8-6-5-7-9-16/h5-11,15,18-19H,1-4H3. The fraction of sp³-hybridized carbons (Fsp3) is 0.368. The van der Waals surface area contributed by atoms with Crippen LogP contribution in [0.3, 0.4) is 0 Å². The summed E-state index contributed by atoms with van der Waals surface area (Å²) in [6.45, 7) is 9.11. The van der Waals surface area contributed by atoms with Crippen LogP contribution in [0.5, 0.6) is 0 Å². The maximum absolute atomic E-state index is 2.39. The Labute approximate surface area is 116 Å². The second kappa shape index (κ2) is 4.52. The van der Waals surface area contributed by atoms with E-state index in [1.165, 1.54) is 22.3 Å². The van der Waals surface area contributed by atoms with Crippen LogP contribution in [0.15, 0.2) is 42.5 Å². The fourth-order valence-electron chi connectivity index (χ4n) is 3.81. The maximum atomic E-state index is 2.39. The van der Waals surface area contributed by atoms with Crippen LogP contribution in [0.1, 0.15) is 46.6 Å². The van der Waals surface area contributed by atoms with Gasteiger partial charge in [-0.1, -0.05) is 55.0 Å². The molecule has 0 radical (unpaired) electrons. The van der Waals surface area contributed by atoms with E-state index in [1.54, 1.807) is 5.56 Å². The van der Waals surface area contributed by atoms with Gasteiger partial charge in [-0.2, -0.15) is 0 Å². The van der Waals surface area contributed by atoms with Gasteiger partial charge in [-0.05, 0) is 60.8 Å². The van der Waals surface area contributed by atoms with Crippen LogP contribution in [0.2, 0.25) is 0 Å². The molecule has 3 rings (SSSR count). The van der Waals surface area contributed by atoms with Crippen molar-refractivity contribution in [2.45, 2.75) is 39.5 Å². The van der Waals surface area contributed by atoms with Crippen molar-refractivity contribution in [1.82, 2.24) is 0 Å². The molecule has 19 heavy (non-hydrogen) atoms. The van der Waals surface area contributed by atoms with E-state index < -0.39 is 0 Å². The quantitative estimate of drug-likeness (QED) is 0.693. The van der Waals surface area contributed by atoms with Crippen LogP contribution in [0.4, 0.5) is 0 Å². The summed E-state index contributed by atoms with van der Waals surface area (Å²) in [6, 6.07) is 15.6. The molecule has 0 heterocycles. The SMILES string of the molecule is Cc1cc(C)c(C2C(C)C2c2ccccc2)c(C)c1. The molecule has 0 nitrogen and oxygen atoms in total. The van der Waals surface area contributed by atoms with Crippen molar-refractivity contribution < 1.29 is 0 Å². The Hall–Kier alpha value is -1.56. The topological polar surface area (TPSA) is 0 Å². The molecule has 0 saturated heterocycles. The second-order valence-corrected chi connectivity index (χ2v) is 6.13. The highest BCUT2D eigenvalue weighted by Crippen LogP contribution is 2.61. The number of rotatable bonds is 2. The second-order valence-electron chi connectivity index (χ2n) is 6.13. The first kappa shape index (κ1) is 12.5. The molecule has 2 aromatic rings. The van der Waals surface area contributed by atoms with Crippen molar-refractivity contribution in [3.05, 3.63) is 70.3 Å². The average molecular weight is 250 g/mol. The van der Waals surface area contributed by atoms with E-state index in [9.17, 15) is 0 Å². The van der Waals surface area contributed by atoms with Crippen molar-refractivity contribution in [2.24, 2.45) is 5.92 Å². The lowest BCUT2D eigenvalue weighted by molar-refractivity contribution is 0.889. The average Bonchev–Trinajstić information content (AvgIpc) is 3.00. The van der Waals surface area contributed by atoms with Gasteiger partial charge in [-0.15, -0.1) is 0 Å². The van der Waals surface area contributed by atoms with Gasteiger partial charge in [0.05, 0.1) is 0 Å². The molecule has 0 bridgehead atoms. The minimum atomic E-state index is 0.710. The lowest BCUT2D eigenvalue weighted by Gasteiger charge is -2.11. The Morgan fingerprint density at radius 2 is 1.37 bits per heavy atom. The Balaban J connectivity index is 1.98. The molecule has 0 aliphatic heterocycles. The van der Waals surface area contributed by atoms with E-state index in [4.69, 9.17) is 0 Å². The van der Waals surface area contributed by atoms with Gasteiger partial charge in [0.2, 0.25) is 0 Å². The number of hydrogen-bond donors (Lipinski definition) is 0. The third-order valence-electron chi connectivity index (χ3n) is 4.63. The molecule has 0 heteroatoms. The fourth-order valence-corrected chi connectivity index (χ4v) is 3.81. The first-order valence-corrected chi connectivity index (χ1v) is 7.22. The van der Waals surface area contributed by atoms with Crippen LogP contribution >= 0.6 is 0 Å². The van der Waals surface area contributed by atoms with Gasteiger partial charge in [0.25, 0.3) is 0 Å². The molecule has 0 aromatic heterocycles. The normalized spacial score (nSPS) is 25.4. The van der Waals surface area contributed by atoms with E-state index in [0.29, 0.717) is 11.8 Å². The summed E-state index contributed by atoms with van der Waals surface area (Å²) in [5, 5.41) is 0. The van der Waals surface area contributed by atoms with Crippen molar-refractivity contribution in [3.8, 4) is 0 Å². The van der Waals surface area contributed by atoms with Crippen LogP contribution in [0.25, 0.3) is 0 Å². The first-order valence-electron chi connectivity index (χ1n) is 7.22. The number of hydrogen-bond acceptors (Lipinski definition) is 0. The zero-order valence-corrected chi connectivity index (χ0v) is 12.3. The van der Waals surface area contributed by atoms with E-state index in [2.05, 4.69) is 70.2 Å². The maximum Gasteiger partial charge on any atom is -0.00533 e. The van der Waals surface area contributed by atoms with Gasteiger partial charge in [-0.25, -0.2) is 0 Å². The zero-order valence-electron chi connectivity index (χ0n) is 12.3. The molecule has 3 atom stereocenters. The molecule has 1 saturated carbocycles. The molecule has 1 fully saturated rings.